The van der Waals surface area contributed by atoms with Gasteiger partial charge in [0.2, 0.25) is 0 Å². The normalized spacial score (nSPS) is 12.0. The first kappa shape index (κ1) is 17.3. The van der Waals surface area contributed by atoms with E-state index in [2.05, 4.69) is 10.3 Å². The lowest BCUT2D eigenvalue weighted by molar-refractivity contribution is 0.0934. The van der Waals surface area contributed by atoms with Gasteiger partial charge in [-0.25, -0.2) is 0 Å². The number of aromatic amines is 1. The van der Waals surface area contributed by atoms with Gasteiger partial charge in [-0.15, -0.1) is 0 Å². The van der Waals surface area contributed by atoms with Gasteiger partial charge in [0.25, 0.3) is 5.91 Å². The third-order valence-corrected chi connectivity index (χ3v) is 4.25. The third kappa shape index (κ3) is 3.82. The summed E-state index contributed by atoms with van der Waals surface area (Å²) in [5.74, 6) is -0.253. The number of halogens is 1. The lowest BCUT2D eigenvalue weighted by Gasteiger charge is -2.14. The van der Waals surface area contributed by atoms with Crippen LogP contribution >= 0.6 is 11.6 Å². The van der Waals surface area contributed by atoms with Gasteiger partial charge in [-0.3, -0.25) is 9.59 Å². The van der Waals surface area contributed by atoms with Gasteiger partial charge < -0.3 is 10.3 Å². The van der Waals surface area contributed by atoms with Crippen molar-refractivity contribution in [2.45, 2.75) is 40.2 Å². The van der Waals surface area contributed by atoms with Crippen LogP contribution in [0.3, 0.4) is 0 Å². The van der Waals surface area contributed by atoms with E-state index in [1.54, 1.807) is 13.8 Å². The average molecular weight is 333 g/mol. The van der Waals surface area contributed by atoms with E-state index in [9.17, 15) is 9.59 Å². The monoisotopic (exact) mass is 332 g/mol. The van der Waals surface area contributed by atoms with Crippen molar-refractivity contribution in [3.8, 4) is 0 Å². The Kier molecular flexibility index (Phi) is 5.26. The summed E-state index contributed by atoms with van der Waals surface area (Å²) >= 11 is 6.15. The Labute approximate surface area is 141 Å². The molecule has 23 heavy (non-hydrogen) atoms. The maximum atomic E-state index is 12.5. The van der Waals surface area contributed by atoms with Gasteiger partial charge in [-0.1, -0.05) is 29.8 Å². The number of aryl methyl sites for hydroxylation is 1. The first-order valence-corrected chi connectivity index (χ1v) is 7.93. The highest BCUT2D eigenvalue weighted by molar-refractivity contribution is 6.31. The number of carbonyl (C=O) groups is 2. The fourth-order valence-corrected chi connectivity index (χ4v) is 3.06. The van der Waals surface area contributed by atoms with Crippen molar-refractivity contribution in [2.24, 2.45) is 0 Å². The molecule has 1 aromatic heterocycles. The quantitative estimate of drug-likeness (QED) is 0.817. The van der Waals surface area contributed by atoms with E-state index < -0.39 is 0 Å². The topological polar surface area (TPSA) is 62.0 Å². The minimum atomic E-state index is -0.211. The molecule has 5 heteroatoms. The van der Waals surface area contributed by atoms with Gasteiger partial charge >= 0.3 is 0 Å². The van der Waals surface area contributed by atoms with Crippen LogP contribution in [0, 0.1) is 13.8 Å². The highest BCUT2D eigenvalue weighted by Crippen LogP contribution is 2.19. The molecule has 0 bridgehead atoms. The van der Waals surface area contributed by atoms with Crippen molar-refractivity contribution in [1.82, 2.24) is 10.3 Å². The number of rotatable bonds is 5. The molecule has 2 N–H and O–H groups in total. The molecule has 1 amide bonds. The van der Waals surface area contributed by atoms with Crippen molar-refractivity contribution in [3.63, 3.8) is 0 Å². The number of amides is 1. The molecule has 0 saturated carbocycles. The van der Waals surface area contributed by atoms with Gasteiger partial charge in [0.15, 0.2) is 5.78 Å². The highest BCUT2D eigenvalue weighted by Gasteiger charge is 2.21. The molecule has 2 rings (SSSR count). The van der Waals surface area contributed by atoms with Crippen molar-refractivity contribution >= 4 is 23.3 Å². The number of nitrogens with one attached hydrogen (secondary N) is 2. The maximum absolute atomic E-state index is 12.5. The summed E-state index contributed by atoms with van der Waals surface area (Å²) in [5.41, 5.74) is 3.44. The smallest absolute Gasteiger partial charge is 0.268 e. The number of hydrogen-bond acceptors (Lipinski definition) is 2. The fraction of sp³-hybridized carbons (Fsp3) is 0.333. The van der Waals surface area contributed by atoms with Crippen LogP contribution in [0.25, 0.3) is 0 Å². The Morgan fingerprint density at radius 3 is 2.48 bits per heavy atom. The average Bonchev–Trinajstić information content (AvgIpc) is 2.76. The molecule has 1 aromatic carbocycles. The number of aromatic nitrogens is 1. The van der Waals surface area contributed by atoms with E-state index in [0.29, 0.717) is 28.3 Å². The van der Waals surface area contributed by atoms with E-state index in [1.807, 2.05) is 31.2 Å². The summed E-state index contributed by atoms with van der Waals surface area (Å²) < 4.78 is 0. The zero-order valence-corrected chi connectivity index (χ0v) is 14.5. The van der Waals surface area contributed by atoms with Gasteiger partial charge in [0, 0.05) is 22.3 Å². The molecular formula is C18H21ClN2O2. The predicted octanol–water partition coefficient (Wildman–Crippen LogP) is 3.85. The molecule has 4 nitrogen and oxygen atoms in total. The third-order valence-electron chi connectivity index (χ3n) is 3.88. The summed E-state index contributed by atoms with van der Waals surface area (Å²) in [4.78, 5) is 27.1. The SMILES string of the molecule is CC(=O)c1c(C)[nH]c(C(=O)N[C@@H](C)Cc2ccccc2Cl)c1C. The Bertz CT molecular complexity index is 749. The van der Waals surface area contributed by atoms with Crippen molar-refractivity contribution in [1.29, 1.82) is 0 Å². The van der Waals surface area contributed by atoms with E-state index in [4.69, 9.17) is 11.6 Å². The molecule has 0 spiro atoms. The number of Topliss-reactive ketones (excluding diaryl/α,β-unsaturated/α-hetero) is 1. The van der Waals surface area contributed by atoms with Crippen LogP contribution in [0.1, 0.15) is 51.5 Å². The summed E-state index contributed by atoms with van der Waals surface area (Å²) in [7, 11) is 0. The van der Waals surface area contributed by atoms with E-state index in [1.165, 1.54) is 6.92 Å². The van der Waals surface area contributed by atoms with Crippen molar-refractivity contribution in [3.05, 3.63) is 57.4 Å². The summed E-state index contributed by atoms with van der Waals surface area (Å²) in [6.45, 7) is 7.02. The molecular weight excluding hydrogens is 312 g/mol. The number of carbonyl (C=O) groups excluding carboxylic acids is 2. The molecule has 1 heterocycles. The van der Waals surface area contributed by atoms with E-state index in [-0.39, 0.29) is 17.7 Å². The van der Waals surface area contributed by atoms with Crippen molar-refractivity contribution < 1.29 is 9.59 Å². The van der Waals surface area contributed by atoms with Crippen LogP contribution in [0.15, 0.2) is 24.3 Å². The first-order chi connectivity index (χ1) is 10.8. The van der Waals surface area contributed by atoms with E-state index >= 15 is 0 Å². The number of ketones is 1. The van der Waals surface area contributed by atoms with Crippen LogP contribution < -0.4 is 5.32 Å². The van der Waals surface area contributed by atoms with Crippen LogP contribution in [-0.2, 0) is 6.42 Å². The molecule has 0 aliphatic carbocycles. The highest BCUT2D eigenvalue weighted by atomic mass is 35.5. The zero-order chi connectivity index (χ0) is 17.1. The Morgan fingerprint density at radius 2 is 1.91 bits per heavy atom. The van der Waals surface area contributed by atoms with Gasteiger partial charge in [0.05, 0.1) is 0 Å². The molecule has 0 aliphatic heterocycles. The molecule has 122 valence electrons. The van der Waals surface area contributed by atoms with Gasteiger partial charge in [-0.05, 0) is 51.3 Å². The second-order valence-electron chi connectivity index (χ2n) is 5.85. The van der Waals surface area contributed by atoms with E-state index in [0.717, 1.165) is 11.3 Å². The number of H-pyrrole nitrogens is 1. The Balaban J connectivity index is 2.12. The largest absolute Gasteiger partial charge is 0.354 e. The van der Waals surface area contributed by atoms with Crippen molar-refractivity contribution in [2.75, 3.05) is 0 Å². The van der Waals surface area contributed by atoms with Gasteiger partial charge in [0.1, 0.15) is 5.69 Å². The summed E-state index contributed by atoms with van der Waals surface area (Å²) in [6, 6.07) is 7.51. The lowest BCUT2D eigenvalue weighted by Crippen LogP contribution is -2.34. The maximum Gasteiger partial charge on any atom is 0.268 e. The Morgan fingerprint density at radius 1 is 1.26 bits per heavy atom. The predicted molar refractivity (Wildman–Crippen MR) is 92.4 cm³/mol. The molecule has 0 radical (unpaired) electrons. The molecule has 0 unspecified atom stereocenters. The molecule has 1 atom stereocenters. The molecule has 0 aliphatic rings. The van der Waals surface area contributed by atoms with Crippen LogP contribution in [0.2, 0.25) is 5.02 Å². The second-order valence-corrected chi connectivity index (χ2v) is 6.26. The summed E-state index contributed by atoms with van der Waals surface area (Å²) in [5, 5.41) is 3.65. The molecule has 0 saturated heterocycles. The fourth-order valence-electron chi connectivity index (χ4n) is 2.85. The minimum absolute atomic E-state index is 0.0422. The van der Waals surface area contributed by atoms with Crippen LogP contribution in [-0.4, -0.2) is 22.7 Å². The second kappa shape index (κ2) is 7.01. The molecule has 2 aromatic rings. The standard InChI is InChI=1S/C18H21ClN2O2/c1-10(9-14-7-5-6-8-15(14)19)20-18(23)17-11(2)16(13(4)22)12(3)21-17/h5-8,10,21H,9H2,1-4H3,(H,20,23)/t10-/m0/s1. The number of benzene rings is 1. The minimum Gasteiger partial charge on any atom is -0.354 e. The Hall–Kier alpha value is -2.07. The van der Waals surface area contributed by atoms with Gasteiger partial charge in [-0.2, -0.15) is 0 Å². The lowest BCUT2D eigenvalue weighted by atomic mass is 10.1. The summed E-state index contributed by atoms with van der Waals surface area (Å²) in [6.07, 6.45) is 0.643. The van der Waals surface area contributed by atoms with Crippen LogP contribution in [0.4, 0.5) is 0 Å². The van der Waals surface area contributed by atoms with Crippen LogP contribution in [0.5, 0.6) is 0 Å². The molecule has 0 fully saturated rings. The number of hydrogen-bond donors (Lipinski definition) is 2. The first-order valence-electron chi connectivity index (χ1n) is 7.55. The zero-order valence-electron chi connectivity index (χ0n) is 13.8.